The monoisotopic (exact) mass is 340 g/mol. The Morgan fingerprint density at radius 1 is 1.16 bits per heavy atom. The third kappa shape index (κ3) is 4.07. The van der Waals surface area contributed by atoms with Gasteiger partial charge in [0.25, 0.3) is 0 Å². The Morgan fingerprint density at radius 2 is 1.88 bits per heavy atom. The number of carboxylic acid groups (broad SMARTS) is 1. The minimum Gasteiger partial charge on any atom is -0.481 e. The third-order valence-electron chi connectivity index (χ3n) is 4.65. The molecule has 0 spiro atoms. The molecular weight excluding hydrogens is 316 g/mol. The summed E-state index contributed by atoms with van der Waals surface area (Å²) in [6.07, 6.45) is 1.30. The van der Waals surface area contributed by atoms with Crippen LogP contribution in [-0.4, -0.2) is 34.1 Å². The van der Waals surface area contributed by atoms with Crippen LogP contribution in [0.1, 0.15) is 29.8 Å². The number of hydrogen-bond donors (Lipinski definition) is 2. The molecule has 0 amide bonds. The van der Waals surface area contributed by atoms with Crippen molar-refractivity contribution in [3.63, 3.8) is 0 Å². The van der Waals surface area contributed by atoms with Gasteiger partial charge in [0.15, 0.2) is 0 Å². The molecule has 3 rings (SSSR count). The molecule has 6 heteroatoms. The zero-order valence-corrected chi connectivity index (χ0v) is 14.9. The second-order valence-electron chi connectivity index (χ2n) is 6.70. The number of aliphatic carboxylic acids is 1. The van der Waals surface area contributed by atoms with E-state index in [2.05, 4.69) is 52.2 Å². The number of hydrogen-bond acceptors (Lipinski definition) is 5. The number of aryl methyl sites for hydroxylation is 3. The molecule has 2 heterocycles. The number of piperidine rings is 1. The number of rotatable bonds is 4. The number of anilines is 3. The van der Waals surface area contributed by atoms with Crippen molar-refractivity contribution in [2.45, 2.75) is 33.6 Å². The number of carbonyl (C=O) groups is 1. The van der Waals surface area contributed by atoms with Crippen LogP contribution in [0.25, 0.3) is 0 Å². The molecule has 25 heavy (non-hydrogen) atoms. The predicted molar refractivity (Wildman–Crippen MR) is 98.5 cm³/mol. The molecular formula is C19H24N4O2. The number of carboxylic acids is 1. The van der Waals surface area contributed by atoms with Crippen LogP contribution >= 0.6 is 0 Å². The third-order valence-corrected chi connectivity index (χ3v) is 4.65. The van der Waals surface area contributed by atoms with Gasteiger partial charge in [-0.05, 0) is 50.8 Å². The van der Waals surface area contributed by atoms with Crippen molar-refractivity contribution in [3.8, 4) is 0 Å². The first-order valence-corrected chi connectivity index (χ1v) is 8.60. The van der Waals surface area contributed by atoms with E-state index in [1.54, 1.807) is 0 Å². The Morgan fingerprint density at radius 3 is 2.56 bits per heavy atom. The highest BCUT2D eigenvalue weighted by atomic mass is 16.4. The van der Waals surface area contributed by atoms with Crippen LogP contribution < -0.4 is 10.2 Å². The lowest BCUT2D eigenvalue weighted by atomic mass is 9.97. The van der Waals surface area contributed by atoms with E-state index in [0.717, 1.165) is 22.9 Å². The molecule has 1 aliphatic heterocycles. The van der Waals surface area contributed by atoms with E-state index in [9.17, 15) is 4.79 Å². The SMILES string of the molecule is Cc1ccc(C)c(Nc2cc(N3CCC(C(=O)O)CC3)nc(C)n2)c1. The summed E-state index contributed by atoms with van der Waals surface area (Å²) in [5, 5.41) is 12.5. The fraction of sp³-hybridized carbons (Fsp3) is 0.421. The van der Waals surface area contributed by atoms with E-state index in [4.69, 9.17) is 5.11 Å². The van der Waals surface area contributed by atoms with Gasteiger partial charge in [0.1, 0.15) is 17.5 Å². The number of nitrogens with one attached hydrogen (secondary N) is 1. The molecule has 6 nitrogen and oxygen atoms in total. The topological polar surface area (TPSA) is 78.4 Å². The van der Waals surface area contributed by atoms with Gasteiger partial charge in [0.05, 0.1) is 5.92 Å². The molecule has 0 unspecified atom stereocenters. The molecule has 0 radical (unpaired) electrons. The molecule has 1 aliphatic rings. The Hall–Kier alpha value is -2.63. The average molecular weight is 340 g/mol. The molecule has 0 aliphatic carbocycles. The molecule has 0 bridgehead atoms. The standard InChI is InChI=1S/C19H24N4O2/c1-12-4-5-13(2)16(10-12)22-17-11-18(21-14(3)20-17)23-8-6-15(7-9-23)19(24)25/h4-5,10-11,15H,6-9H2,1-3H3,(H,24,25)(H,20,21,22). The highest BCUT2D eigenvalue weighted by molar-refractivity contribution is 5.70. The van der Waals surface area contributed by atoms with E-state index in [1.165, 1.54) is 5.56 Å². The second-order valence-corrected chi connectivity index (χ2v) is 6.70. The number of aromatic nitrogens is 2. The molecule has 1 aromatic carbocycles. The zero-order chi connectivity index (χ0) is 18.0. The summed E-state index contributed by atoms with van der Waals surface area (Å²) in [6, 6.07) is 8.22. The molecule has 2 N–H and O–H groups in total. The predicted octanol–water partition coefficient (Wildman–Crippen LogP) is 3.45. The van der Waals surface area contributed by atoms with Crippen LogP contribution in [0.15, 0.2) is 24.3 Å². The van der Waals surface area contributed by atoms with Crippen LogP contribution in [0, 0.1) is 26.7 Å². The molecule has 0 atom stereocenters. The molecule has 1 saturated heterocycles. The van der Waals surface area contributed by atoms with Gasteiger partial charge in [-0.1, -0.05) is 12.1 Å². The minimum absolute atomic E-state index is 0.244. The highest BCUT2D eigenvalue weighted by Crippen LogP contribution is 2.26. The van der Waals surface area contributed by atoms with Crippen LogP contribution in [0.5, 0.6) is 0 Å². The smallest absolute Gasteiger partial charge is 0.306 e. The van der Waals surface area contributed by atoms with E-state index in [0.29, 0.717) is 31.8 Å². The molecule has 132 valence electrons. The Labute approximate surface area is 147 Å². The minimum atomic E-state index is -0.698. The first-order chi connectivity index (χ1) is 11.9. The maximum atomic E-state index is 11.1. The largest absolute Gasteiger partial charge is 0.481 e. The van der Waals surface area contributed by atoms with Crippen LogP contribution in [0.4, 0.5) is 17.3 Å². The lowest BCUT2D eigenvalue weighted by molar-refractivity contribution is -0.142. The van der Waals surface area contributed by atoms with E-state index in [-0.39, 0.29) is 5.92 Å². The van der Waals surface area contributed by atoms with Gasteiger partial charge in [-0.15, -0.1) is 0 Å². The van der Waals surface area contributed by atoms with Crippen molar-refractivity contribution in [2.75, 3.05) is 23.3 Å². The van der Waals surface area contributed by atoms with Crippen molar-refractivity contribution in [2.24, 2.45) is 5.92 Å². The summed E-state index contributed by atoms with van der Waals surface area (Å²) < 4.78 is 0. The first-order valence-electron chi connectivity index (χ1n) is 8.60. The van der Waals surface area contributed by atoms with Gasteiger partial charge in [0, 0.05) is 24.8 Å². The number of benzene rings is 1. The fourth-order valence-electron chi connectivity index (χ4n) is 3.14. The maximum Gasteiger partial charge on any atom is 0.306 e. The van der Waals surface area contributed by atoms with Gasteiger partial charge >= 0.3 is 5.97 Å². The summed E-state index contributed by atoms with van der Waals surface area (Å²) >= 11 is 0. The lowest BCUT2D eigenvalue weighted by Crippen LogP contribution is -2.36. The summed E-state index contributed by atoms with van der Waals surface area (Å²) in [5.41, 5.74) is 3.38. The Kier molecular flexibility index (Phi) is 4.88. The fourth-order valence-corrected chi connectivity index (χ4v) is 3.14. The van der Waals surface area contributed by atoms with E-state index in [1.807, 2.05) is 13.0 Å². The summed E-state index contributed by atoms with van der Waals surface area (Å²) in [6.45, 7) is 7.41. The van der Waals surface area contributed by atoms with Crippen molar-refractivity contribution in [1.29, 1.82) is 0 Å². The second kappa shape index (κ2) is 7.09. The number of nitrogens with zero attached hydrogens (tertiary/aromatic N) is 3. The summed E-state index contributed by atoms with van der Waals surface area (Å²) in [5.74, 6) is 1.37. The molecule has 2 aromatic rings. The van der Waals surface area contributed by atoms with Crippen molar-refractivity contribution in [1.82, 2.24) is 9.97 Å². The van der Waals surface area contributed by atoms with Gasteiger partial charge < -0.3 is 15.3 Å². The van der Waals surface area contributed by atoms with Gasteiger partial charge in [-0.25, -0.2) is 9.97 Å². The van der Waals surface area contributed by atoms with Crippen molar-refractivity contribution < 1.29 is 9.90 Å². The molecule has 0 saturated carbocycles. The van der Waals surface area contributed by atoms with Crippen LogP contribution in [-0.2, 0) is 4.79 Å². The van der Waals surface area contributed by atoms with Crippen molar-refractivity contribution in [3.05, 3.63) is 41.2 Å². The van der Waals surface area contributed by atoms with Gasteiger partial charge in [-0.2, -0.15) is 0 Å². The molecule has 1 fully saturated rings. The Bertz CT molecular complexity index is 783. The quantitative estimate of drug-likeness (QED) is 0.887. The first kappa shape index (κ1) is 17.2. The zero-order valence-electron chi connectivity index (χ0n) is 14.9. The summed E-state index contributed by atoms with van der Waals surface area (Å²) in [4.78, 5) is 22.3. The van der Waals surface area contributed by atoms with Crippen LogP contribution in [0.3, 0.4) is 0 Å². The lowest BCUT2D eigenvalue weighted by Gasteiger charge is -2.31. The van der Waals surface area contributed by atoms with Crippen LogP contribution in [0.2, 0.25) is 0 Å². The van der Waals surface area contributed by atoms with E-state index >= 15 is 0 Å². The maximum absolute atomic E-state index is 11.1. The summed E-state index contributed by atoms with van der Waals surface area (Å²) in [7, 11) is 0. The average Bonchev–Trinajstić information content (AvgIpc) is 2.58. The van der Waals surface area contributed by atoms with Gasteiger partial charge in [0.2, 0.25) is 0 Å². The molecule has 1 aromatic heterocycles. The highest BCUT2D eigenvalue weighted by Gasteiger charge is 2.25. The van der Waals surface area contributed by atoms with Crippen molar-refractivity contribution >= 4 is 23.3 Å². The van der Waals surface area contributed by atoms with Gasteiger partial charge in [-0.3, -0.25) is 4.79 Å². The normalized spacial score (nSPS) is 15.2. The Balaban J connectivity index is 1.79. The van der Waals surface area contributed by atoms with E-state index < -0.39 is 5.97 Å².